The van der Waals surface area contributed by atoms with Crippen LogP contribution in [0.2, 0.25) is 0 Å². The lowest BCUT2D eigenvalue weighted by Crippen LogP contribution is -2.46. The molecule has 188 valence electrons. The van der Waals surface area contributed by atoms with Gasteiger partial charge < -0.3 is 14.5 Å². The fourth-order valence-electron chi connectivity index (χ4n) is 5.12. The number of aromatic nitrogens is 2. The molecule has 0 radical (unpaired) electrons. The highest BCUT2D eigenvalue weighted by Gasteiger charge is 2.49. The fraction of sp³-hybridized carbons (Fsp3) is 0.320. The van der Waals surface area contributed by atoms with Crippen LogP contribution in [0.1, 0.15) is 29.6 Å². The van der Waals surface area contributed by atoms with E-state index < -0.39 is 15.4 Å². The zero-order valence-electron chi connectivity index (χ0n) is 19.8. The number of hydrogen-bond acceptors (Lipinski definition) is 6. The van der Waals surface area contributed by atoms with Gasteiger partial charge in [0.2, 0.25) is 15.9 Å². The molecule has 2 aromatic carbocycles. The summed E-state index contributed by atoms with van der Waals surface area (Å²) in [5.74, 6) is 0.550. The van der Waals surface area contributed by atoms with E-state index in [1.165, 1.54) is 24.3 Å². The van der Waals surface area contributed by atoms with Crippen LogP contribution in [-0.2, 0) is 14.8 Å². The Balaban J connectivity index is 1.27. The van der Waals surface area contributed by atoms with Crippen molar-refractivity contribution >= 4 is 27.5 Å². The number of aromatic amines is 1. The summed E-state index contributed by atoms with van der Waals surface area (Å²) in [7, 11) is -2.21. The molecule has 3 heterocycles. The quantitative estimate of drug-likeness (QED) is 0.542. The van der Waals surface area contributed by atoms with Crippen molar-refractivity contribution in [2.24, 2.45) is 10.6 Å². The zero-order chi connectivity index (χ0) is 25.5. The Kier molecular flexibility index (Phi) is 6.05. The fourth-order valence-corrected chi connectivity index (χ4v) is 5.64. The van der Waals surface area contributed by atoms with Crippen molar-refractivity contribution in [3.05, 3.63) is 60.4 Å². The Hall–Kier alpha value is -3.70. The van der Waals surface area contributed by atoms with Gasteiger partial charge in [-0.3, -0.25) is 14.7 Å². The molecule has 2 aliphatic rings. The number of nitrogens with two attached hydrogens (primary N) is 1. The van der Waals surface area contributed by atoms with Crippen molar-refractivity contribution in [3.63, 3.8) is 0 Å². The van der Waals surface area contributed by atoms with Crippen molar-refractivity contribution in [2.45, 2.75) is 24.2 Å². The number of sulfonamides is 1. The van der Waals surface area contributed by atoms with E-state index in [1.54, 1.807) is 24.4 Å². The predicted molar refractivity (Wildman–Crippen MR) is 133 cm³/mol. The van der Waals surface area contributed by atoms with Crippen molar-refractivity contribution in [1.29, 1.82) is 0 Å². The molecule has 5 rings (SSSR count). The standard InChI is InChI=1S/C25H27N5O5S/c1-35-22-14-19(4-7-21(22)18-15-27-28-16-18)30-13-10-25(24(30)32)8-11-29(12-9-25)23(31)17-2-5-20(6-3-17)36(26,33)34/h2-7,14-16H,8-13H2,1H3,(H,27,28)(H2,26,33,34). The van der Waals surface area contributed by atoms with E-state index in [0.717, 1.165) is 23.2 Å². The first kappa shape index (κ1) is 24.0. The van der Waals surface area contributed by atoms with Gasteiger partial charge in [0.1, 0.15) is 5.75 Å². The molecule has 0 aliphatic carbocycles. The van der Waals surface area contributed by atoms with Crippen LogP contribution in [0.4, 0.5) is 5.69 Å². The van der Waals surface area contributed by atoms with E-state index >= 15 is 0 Å². The summed E-state index contributed by atoms with van der Waals surface area (Å²) in [6, 6.07) is 11.3. The lowest BCUT2D eigenvalue weighted by atomic mass is 9.77. The summed E-state index contributed by atoms with van der Waals surface area (Å²) < 4.78 is 28.5. The Morgan fingerprint density at radius 3 is 2.39 bits per heavy atom. The van der Waals surface area contributed by atoms with Crippen LogP contribution < -0.4 is 14.8 Å². The number of methoxy groups -OCH3 is 1. The van der Waals surface area contributed by atoms with Crippen LogP contribution in [-0.4, -0.2) is 62.1 Å². The first-order valence-corrected chi connectivity index (χ1v) is 13.2. The minimum absolute atomic E-state index is 0.0391. The average molecular weight is 510 g/mol. The molecule has 36 heavy (non-hydrogen) atoms. The summed E-state index contributed by atoms with van der Waals surface area (Å²) >= 11 is 0. The van der Waals surface area contributed by atoms with Gasteiger partial charge in [0.25, 0.3) is 5.91 Å². The van der Waals surface area contributed by atoms with Gasteiger partial charge in [0, 0.05) is 54.3 Å². The monoisotopic (exact) mass is 509 g/mol. The number of nitrogens with one attached hydrogen (secondary N) is 1. The number of rotatable bonds is 5. The maximum Gasteiger partial charge on any atom is 0.253 e. The Bertz CT molecular complexity index is 1400. The summed E-state index contributed by atoms with van der Waals surface area (Å²) in [6.07, 6.45) is 5.39. The van der Waals surface area contributed by atoms with Gasteiger partial charge in [-0.2, -0.15) is 5.10 Å². The predicted octanol–water partition coefficient (Wildman–Crippen LogP) is 2.39. The number of benzene rings is 2. The second kappa shape index (κ2) is 9.07. The molecule has 2 aliphatic heterocycles. The molecule has 3 N–H and O–H groups in total. The molecular formula is C25H27N5O5S. The molecule has 10 nitrogen and oxygen atoms in total. The summed E-state index contributed by atoms with van der Waals surface area (Å²) in [6.45, 7) is 1.52. The van der Waals surface area contributed by atoms with Gasteiger partial charge in [0.05, 0.1) is 23.6 Å². The molecule has 2 fully saturated rings. The number of carbonyl (C=O) groups excluding carboxylic acids is 2. The minimum atomic E-state index is -3.82. The zero-order valence-corrected chi connectivity index (χ0v) is 20.6. The van der Waals surface area contributed by atoms with Crippen molar-refractivity contribution in [2.75, 3.05) is 31.6 Å². The lowest BCUT2D eigenvalue weighted by molar-refractivity contribution is -0.127. The molecule has 1 aromatic heterocycles. The number of piperidine rings is 1. The van der Waals surface area contributed by atoms with Crippen LogP contribution in [0.25, 0.3) is 11.1 Å². The largest absolute Gasteiger partial charge is 0.496 e. The Morgan fingerprint density at radius 2 is 1.78 bits per heavy atom. The van der Waals surface area contributed by atoms with Gasteiger partial charge in [-0.15, -0.1) is 0 Å². The highest BCUT2D eigenvalue weighted by Crippen LogP contribution is 2.44. The molecule has 0 bridgehead atoms. The van der Waals surface area contributed by atoms with E-state index in [-0.39, 0.29) is 16.7 Å². The van der Waals surface area contributed by atoms with E-state index in [2.05, 4.69) is 10.2 Å². The summed E-state index contributed by atoms with van der Waals surface area (Å²) in [5.41, 5.74) is 2.47. The molecule has 0 unspecified atom stereocenters. The van der Waals surface area contributed by atoms with Crippen molar-refractivity contribution in [1.82, 2.24) is 15.1 Å². The number of ether oxygens (including phenoxy) is 1. The lowest BCUT2D eigenvalue weighted by Gasteiger charge is -2.38. The molecule has 0 saturated carbocycles. The van der Waals surface area contributed by atoms with Crippen LogP contribution >= 0.6 is 0 Å². The Morgan fingerprint density at radius 1 is 1.08 bits per heavy atom. The topological polar surface area (TPSA) is 139 Å². The van der Waals surface area contributed by atoms with E-state index in [1.807, 2.05) is 23.1 Å². The second-order valence-corrected chi connectivity index (χ2v) is 10.8. The third-order valence-electron chi connectivity index (χ3n) is 7.26. The van der Waals surface area contributed by atoms with Gasteiger partial charge >= 0.3 is 0 Å². The maximum atomic E-state index is 13.6. The molecule has 0 atom stereocenters. The number of likely N-dealkylation sites (tertiary alicyclic amines) is 1. The summed E-state index contributed by atoms with van der Waals surface area (Å²) in [5, 5.41) is 11.9. The van der Waals surface area contributed by atoms with Gasteiger partial charge in [-0.05, 0) is 55.7 Å². The molecule has 11 heteroatoms. The molecule has 2 saturated heterocycles. The van der Waals surface area contributed by atoms with Crippen molar-refractivity contribution in [3.8, 4) is 16.9 Å². The Labute approximate surface area is 209 Å². The van der Waals surface area contributed by atoms with Gasteiger partial charge in [-0.1, -0.05) is 0 Å². The van der Waals surface area contributed by atoms with Gasteiger partial charge in [-0.25, -0.2) is 13.6 Å². The first-order valence-electron chi connectivity index (χ1n) is 11.6. The van der Waals surface area contributed by atoms with Crippen LogP contribution in [0.3, 0.4) is 0 Å². The number of amides is 2. The number of H-pyrrole nitrogens is 1. The van der Waals surface area contributed by atoms with E-state index in [0.29, 0.717) is 43.8 Å². The van der Waals surface area contributed by atoms with E-state index in [4.69, 9.17) is 9.88 Å². The molecule has 2 amide bonds. The first-order chi connectivity index (χ1) is 17.2. The normalized spacial score (nSPS) is 17.6. The number of carbonyl (C=O) groups is 2. The maximum absolute atomic E-state index is 13.6. The third kappa shape index (κ3) is 4.24. The van der Waals surface area contributed by atoms with E-state index in [9.17, 15) is 18.0 Å². The summed E-state index contributed by atoms with van der Waals surface area (Å²) in [4.78, 5) is 30.0. The van der Waals surface area contributed by atoms with Gasteiger partial charge in [0.15, 0.2) is 0 Å². The van der Waals surface area contributed by atoms with Crippen LogP contribution in [0.15, 0.2) is 59.8 Å². The number of primary sulfonamides is 1. The molecule has 1 spiro atoms. The SMILES string of the molecule is COc1cc(N2CCC3(CCN(C(=O)c4ccc(S(N)(=O)=O)cc4)CC3)C2=O)ccc1-c1cn[nH]c1. The molecule has 3 aromatic rings. The van der Waals surface area contributed by atoms with Crippen molar-refractivity contribution < 1.29 is 22.7 Å². The van der Waals surface area contributed by atoms with Crippen LogP contribution in [0, 0.1) is 5.41 Å². The van der Waals surface area contributed by atoms with Crippen LogP contribution in [0.5, 0.6) is 5.75 Å². The second-order valence-electron chi connectivity index (χ2n) is 9.22. The highest BCUT2D eigenvalue weighted by molar-refractivity contribution is 7.89. The minimum Gasteiger partial charge on any atom is -0.496 e. The number of nitrogens with zero attached hydrogens (tertiary/aromatic N) is 3. The molecular weight excluding hydrogens is 482 g/mol. The smallest absolute Gasteiger partial charge is 0.253 e. The third-order valence-corrected chi connectivity index (χ3v) is 8.19. The highest BCUT2D eigenvalue weighted by atomic mass is 32.2. The number of hydrogen-bond donors (Lipinski definition) is 2. The average Bonchev–Trinajstić information content (AvgIpc) is 3.52. The number of anilines is 1.